The van der Waals surface area contributed by atoms with E-state index in [4.69, 9.17) is 0 Å². The van der Waals surface area contributed by atoms with Crippen LogP contribution < -0.4 is 0 Å². The van der Waals surface area contributed by atoms with Crippen LogP contribution in [0.5, 0.6) is 0 Å². The van der Waals surface area contributed by atoms with Crippen LogP contribution >= 0.6 is 0 Å². The first-order valence-electron chi connectivity index (χ1n) is 8.90. The van der Waals surface area contributed by atoms with Gasteiger partial charge in [0.05, 0.1) is 0 Å². The summed E-state index contributed by atoms with van der Waals surface area (Å²) in [6.45, 7) is 4.63. The zero-order valence-electron chi connectivity index (χ0n) is 13.0. The lowest BCUT2D eigenvalue weighted by atomic mass is 9.68. The van der Waals surface area contributed by atoms with Crippen LogP contribution in [0.2, 0.25) is 0 Å². The van der Waals surface area contributed by atoms with E-state index in [9.17, 15) is 0 Å². The second kappa shape index (κ2) is 6.02. The molecule has 3 saturated carbocycles. The highest BCUT2D eigenvalue weighted by Gasteiger charge is 2.41. The highest BCUT2D eigenvalue weighted by molar-refractivity contribution is 4.93. The van der Waals surface area contributed by atoms with Gasteiger partial charge < -0.3 is 0 Å². The van der Waals surface area contributed by atoms with Crippen LogP contribution in [0.1, 0.15) is 71.6 Å². The predicted octanol–water partition coefficient (Wildman–Crippen LogP) is 5.83. The van der Waals surface area contributed by atoms with Gasteiger partial charge in [0.15, 0.2) is 0 Å². The Hall–Kier alpha value is -0.260. The molecule has 0 aliphatic heterocycles. The Morgan fingerprint density at radius 2 is 1.21 bits per heavy atom. The van der Waals surface area contributed by atoms with Crippen LogP contribution in [0.3, 0.4) is 0 Å². The van der Waals surface area contributed by atoms with Gasteiger partial charge in [-0.2, -0.15) is 0 Å². The van der Waals surface area contributed by atoms with Crippen molar-refractivity contribution in [3.05, 3.63) is 12.2 Å². The highest BCUT2D eigenvalue weighted by atomic mass is 14.5. The highest BCUT2D eigenvalue weighted by Crippen LogP contribution is 2.51. The molecule has 108 valence electrons. The molecule has 0 saturated heterocycles. The van der Waals surface area contributed by atoms with E-state index in [2.05, 4.69) is 26.0 Å². The maximum absolute atomic E-state index is 2.46. The van der Waals surface area contributed by atoms with Gasteiger partial charge in [0.25, 0.3) is 0 Å². The standard InChI is InChI=1S/C19H32/c1-3-4-15-5-7-16(8-6-15)17-9-11-18(12-10-17)19-13-14(19)2/h3-4,14-19H,5-13H2,1-2H3/b4-3+. The van der Waals surface area contributed by atoms with Crippen molar-refractivity contribution in [3.8, 4) is 0 Å². The molecule has 3 aliphatic rings. The molecule has 0 nitrogen and oxygen atoms in total. The second-order valence-corrected chi connectivity index (χ2v) is 7.75. The molecule has 0 aromatic heterocycles. The molecule has 0 heterocycles. The van der Waals surface area contributed by atoms with Crippen molar-refractivity contribution in [2.24, 2.45) is 35.5 Å². The number of rotatable bonds is 3. The van der Waals surface area contributed by atoms with Crippen molar-refractivity contribution < 1.29 is 0 Å². The average Bonchev–Trinajstić information content (AvgIpc) is 3.17. The Kier molecular flexibility index (Phi) is 4.34. The summed E-state index contributed by atoms with van der Waals surface area (Å²) >= 11 is 0. The van der Waals surface area contributed by atoms with Crippen molar-refractivity contribution >= 4 is 0 Å². The normalized spacial score (nSPS) is 47.5. The molecule has 0 aromatic rings. The molecule has 0 amide bonds. The van der Waals surface area contributed by atoms with Gasteiger partial charge in [-0.3, -0.25) is 0 Å². The summed E-state index contributed by atoms with van der Waals surface area (Å²) in [6, 6.07) is 0. The van der Waals surface area contributed by atoms with Crippen LogP contribution in [0, 0.1) is 35.5 Å². The van der Waals surface area contributed by atoms with E-state index in [0.717, 1.165) is 35.5 Å². The molecular formula is C19H32. The zero-order valence-corrected chi connectivity index (χ0v) is 13.0. The minimum atomic E-state index is 0.907. The average molecular weight is 260 g/mol. The van der Waals surface area contributed by atoms with Crippen molar-refractivity contribution in [1.29, 1.82) is 0 Å². The van der Waals surface area contributed by atoms with Crippen molar-refractivity contribution in [1.82, 2.24) is 0 Å². The minimum absolute atomic E-state index is 0.907. The molecule has 2 atom stereocenters. The lowest BCUT2D eigenvalue weighted by Crippen LogP contribution is -2.26. The van der Waals surface area contributed by atoms with E-state index in [1.165, 1.54) is 25.7 Å². The number of hydrogen-bond acceptors (Lipinski definition) is 0. The molecule has 3 rings (SSSR count). The fraction of sp³-hybridized carbons (Fsp3) is 0.895. The molecule has 0 aromatic carbocycles. The molecule has 3 aliphatic carbocycles. The monoisotopic (exact) mass is 260 g/mol. The van der Waals surface area contributed by atoms with E-state index >= 15 is 0 Å². The Bertz CT molecular complexity index is 300. The molecule has 19 heavy (non-hydrogen) atoms. The van der Waals surface area contributed by atoms with Gasteiger partial charge in [-0.25, -0.2) is 0 Å². The van der Waals surface area contributed by atoms with Crippen LogP contribution in [0.4, 0.5) is 0 Å². The third kappa shape index (κ3) is 3.26. The summed E-state index contributed by atoms with van der Waals surface area (Å²) < 4.78 is 0. The first-order chi connectivity index (χ1) is 9.28. The summed E-state index contributed by atoms with van der Waals surface area (Å²) in [6.07, 6.45) is 18.5. The zero-order chi connectivity index (χ0) is 13.2. The summed E-state index contributed by atoms with van der Waals surface area (Å²) in [5.74, 6) is 6.40. The molecule has 3 fully saturated rings. The molecule has 0 spiro atoms. The lowest BCUT2D eigenvalue weighted by Gasteiger charge is -2.37. The summed E-state index contributed by atoms with van der Waals surface area (Å²) in [4.78, 5) is 0. The van der Waals surface area contributed by atoms with Gasteiger partial charge in [0.1, 0.15) is 0 Å². The molecule has 0 radical (unpaired) electrons. The van der Waals surface area contributed by atoms with E-state index in [-0.39, 0.29) is 0 Å². The van der Waals surface area contributed by atoms with Gasteiger partial charge in [-0.05, 0) is 100 Å². The summed E-state index contributed by atoms with van der Waals surface area (Å²) in [5, 5.41) is 0. The first-order valence-corrected chi connectivity index (χ1v) is 8.90. The SMILES string of the molecule is C/C=C/C1CCC(C2CCC(C3CC3C)CC2)CC1. The van der Waals surface area contributed by atoms with Crippen molar-refractivity contribution in [3.63, 3.8) is 0 Å². The van der Waals surface area contributed by atoms with Crippen molar-refractivity contribution in [2.75, 3.05) is 0 Å². The summed E-state index contributed by atoms with van der Waals surface area (Å²) in [7, 11) is 0. The van der Waals surface area contributed by atoms with Crippen LogP contribution in [0.25, 0.3) is 0 Å². The van der Waals surface area contributed by atoms with Gasteiger partial charge in [-0.1, -0.05) is 19.1 Å². The van der Waals surface area contributed by atoms with Crippen molar-refractivity contribution in [2.45, 2.75) is 71.6 Å². The first kappa shape index (κ1) is 13.7. The largest absolute Gasteiger partial charge is 0.0914 e. The van der Waals surface area contributed by atoms with Gasteiger partial charge in [-0.15, -0.1) is 0 Å². The van der Waals surface area contributed by atoms with Gasteiger partial charge in [0, 0.05) is 0 Å². The Morgan fingerprint density at radius 3 is 1.68 bits per heavy atom. The summed E-state index contributed by atoms with van der Waals surface area (Å²) in [5.41, 5.74) is 0. The number of hydrogen-bond donors (Lipinski definition) is 0. The third-order valence-electron chi connectivity index (χ3n) is 6.54. The van der Waals surface area contributed by atoms with Crippen LogP contribution in [0.15, 0.2) is 12.2 Å². The maximum Gasteiger partial charge on any atom is -0.0233 e. The van der Waals surface area contributed by atoms with Crippen LogP contribution in [-0.4, -0.2) is 0 Å². The fourth-order valence-corrected chi connectivity index (χ4v) is 5.13. The fourth-order valence-electron chi connectivity index (χ4n) is 5.13. The second-order valence-electron chi connectivity index (χ2n) is 7.75. The molecular weight excluding hydrogens is 228 g/mol. The Morgan fingerprint density at radius 1 is 0.737 bits per heavy atom. The number of allylic oxidation sites excluding steroid dienone is 2. The van der Waals surface area contributed by atoms with Crippen LogP contribution in [-0.2, 0) is 0 Å². The van der Waals surface area contributed by atoms with Gasteiger partial charge in [0.2, 0.25) is 0 Å². The lowest BCUT2D eigenvalue weighted by molar-refractivity contribution is 0.147. The topological polar surface area (TPSA) is 0 Å². The molecule has 2 unspecified atom stereocenters. The minimum Gasteiger partial charge on any atom is -0.0914 e. The Labute approximate surface area is 120 Å². The van der Waals surface area contributed by atoms with E-state index in [1.807, 2.05) is 0 Å². The molecule has 0 N–H and O–H groups in total. The molecule has 0 heteroatoms. The maximum atomic E-state index is 2.46. The van der Waals surface area contributed by atoms with E-state index < -0.39 is 0 Å². The Balaban J connectivity index is 1.42. The third-order valence-corrected chi connectivity index (χ3v) is 6.54. The van der Waals surface area contributed by atoms with Gasteiger partial charge >= 0.3 is 0 Å². The van der Waals surface area contributed by atoms with E-state index in [0.29, 0.717) is 0 Å². The molecule has 0 bridgehead atoms. The predicted molar refractivity (Wildman–Crippen MR) is 83.0 cm³/mol. The van der Waals surface area contributed by atoms with E-state index in [1.54, 1.807) is 32.1 Å². The smallest absolute Gasteiger partial charge is 0.0233 e. The quantitative estimate of drug-likeness (QED) is 0.560.